The van der Waals surface area contributed by atoms with Crippen LogP contribution in [0.2, 0.25) is 0 Å². The van der Waals surface area contributed by atoms with E-state index in [1.807, 2.05) is 0 Å². The van der Waals surface area contributed by atoms with Crippen molar-refractivity contribution in [3.05, 3.63) is 36.2 Å². The van der Waals surface area contributed by atoms with Gasteiger partial charge in [-0.05, 0) is 12.1 Å². The Balaban J connectivity index is 2.37. The molecule has 0 aliphatic carbocycles. The lowest BCUT2D eigenvalue weighted by molar-refractivity contribution is -0.137. The third-order valence-corrected chi connectivity index (χ3v) is 2.03. The fraction of sp³-hybridized carbons (Fsp3) is 0.111. The van der Waals surface area contributed by atoms with E-state index in [0.717, 1.165) is 17.1 Å². The lowest BCUT2D eigenvalue weighted by Crippen LogP contribution is -2.10. The molecule has 0 aromatic carbocycles. The number of anilines is 1. The van der Waals surface area contributed by atoms with Crippen molar-refractivity contribution in [2.24, 2.45) is 5.84 Å². The van der Waals surface area contributed by atoms with Gasteiger partial charge in [0.05, 0.1) is 11.8 Å². The minimum absolute atomic E-state index is 0.246. The highest BCUT2D eigenvalue weighted by molar-refractivity contribution is 5.38. The maximum Gasteiger partial charge on any atom is 0.419 e. The second-order valence-electron chi connectivity index (χ2n) is 3.20. The molecular formula is C9H8F3N5. The maximum absolute atomic E-state index is 12.4. The number of nitrogens with two attached hydrogens (primary N) is 1. The van der Waals surface area contributed by atoms with Gasteiger partial charge in [0, 0.05) is 6.20 Å². The van der Waals surface area contributed by atoms with Crippen molar-refractivity contribution >= 4 is 5.82 Å². The number of nitrogen functional groups attached to an aromatic ring is 1. The van der Waals surface area contributed by atoms with Crippen LogP contribution in [0.15, 0.2) is 30.6 Å². The molecule has 0 radical (unpaired) electrons. The monoisotopic (exact) mass is 243 g/mol. The first-order chi connectivity index (χ1) is 8.00. The van der Waals surface area contributed by atoms with Crippen LogP contribution in [0.3, 0.4) is 0 Å². The van der Waals surface area contributed by atoms with Gasteiger partial charge in [-0.1, -0.05) is 6.07 Å². The SMILES string of the molecule is NNc1cccc(-n2cc(C(F)(F)F)cn2)n1. The molecule has 0 aliphatic heterocycles. The second-order valence-corrected chi connectivity index (χ2v) is 3.20. The van der Waals surface area contributed by atoms with E-state index in [2.05, 4.69) is 15.5 Å². The first kappa shape index (κ1) is 11.4. The number of pyridine rings is 1. The summed E-state index contributed by atoms with van der Waals surface area (Å²) < 4.78 is 38.1. The fourth-order valence-electron chi connectivity index (χ4n) is 1.23. The van der Waals surface area contributed by atoms with Crippen LogP contribution in [0.5, 0.6) is 0 Å². The third-order valence-electron chi connectivity index (χ3n) is 2.03. The van der Waals surface area contributed by atoms with Gasteiger partial charge in [-0.2, -0.15) is 18.3 Å². The van der Waals surface area contributed by atoms with E-state index in [4.69, 9.17) is 5.84 Å². The van der Waals surface area contributed by atoms with Crippen LogP contribution in [0, 0.1) is 0 Å². The lowest BCUT2D eigenvalue weighted by Gasteiger charge is -2.03. The molecule has 0 atom stereocenters. The van der Waals surface area contributed by atoms with Gasteiger partial charge >= 0.3 is 6.18 Å². The predicted molar refractivity (Wildman–Crippen MR) is 54.2 cm³/mol. The Hall–Kier alpha value is -2.09. The molecule has 2 heterocycles. The lowest BCUT2D eigenvalue weighted by atomic mass is 10.3. The molecule has 90 valence electrons. The number of alkyl halides is 3. The average Bonchev–Trinajstić information content (AvgIpc) is 2.78. The van der Waals surface area contributed by atoms with E-state index in [9.17, 15) is 13.2 Å². The minimum Gasteiger partial charge on any atom is -0.308 e. The van der Waals surface area contributed by atoms with Crippen molar-refractivity contribution in [1.29, 1.82) is 0 Å². The molecule has 0 fully saturated rings. The third kappa shape index (κ3) is 2.36. The van der Waals surface area contributed by atoms with Gasteiger partial charge in [0.1, 0.15) is 5.82 Å². The molecule has 0 bridgehead atoms. The second kappa shape index (κ2) is 4.06. The molecule has 17 heavy (non-hydrogen) atoms. The standard InChI is InChI=1S/C9H8F3N5/c10-9(11,12)6-4-14-17(5-6)8-3-1-2-7(15-8)16-13/h1-5H,13H2,(H,15,16). The number of rotatable bonds is 2. The van der Waals surface area contributed by atoms with Crippen LogP contribution in [0.1, 0.15) is 5.56 Å². The van der Waals surface area contributed by atoms with Crippen molar-refractivity contribution in [3.8, 4) is 5.82 Å². The Kier molecular flexibility index (Phi) is 2.72. The molecular weight excluding hydrogens is 235 g/mol. The smallest absolute Gasteiger partial charge is 0.308 e. The van der Waals surface area contributed by atoms with Gasteiger partial charge in [-0.15, -0.1) is 0 Å². The van der Waals surface area contributed by atoms with Crippen molar-refractivity contribution in [1.82, 2.24) is 14.8 Å². The molecule has 3 N–H and O–H groups in total. The van der Waals surface area contributed by atoms with Gasteiger partial charge in [-0.3, -0.25) is 0 Å². The predicted octanol–water partition coefficient (Wildman–Crippen LogP) is 1.57. The quantitative estimate of drug-likeness (QED) is 0.620. The number of nitrogens with zero attached hydrogens (tertiary/aromatic N) is 3. The number of aromatic nitrogens is 3. The summed E-state index contributed by atoms with van der Waals surface area (Å²) in [6.45, 7) is 0. The van der Waals surface area contributed by atoms with Crippen molar-refractivity contribution in [3.63, 3.8) is 0 Å². The molecule has 0 unspecified atom stereocenters. The fourth-order valence-corrected chi connectivity index (χ4v) is 1.23. The summed E-state index contributed by atoms with van der Waals surface area (Å²) in [7, 11) is 0. The van der Waals surface area contributed by atoms with Crippen LogP contribution >= 0.6 is 0 Å². The average molecular weight is 243 g/mol. The largest absolute Gasteiger partial charge is 0.419 e. The van der Waals surface area contributed by atoms with Gasteiger partial charge in [0.2, 0.25) is 0 Å². The summed E-state index contributed by atoms with van der Waals surface area (Å²) in [4.78, 5) is 3.95. The Morgan fingerprint density at radius 2 is 2.06 bits per heavy atom. The van der Waals surface area contributed by atoms with Gasteiger partial charge in [-0.25, -0.2) is 15.5 Å². The highest BCUT2D eigenvalue weighted by Crippen LogP contribution is 2.28. The zero-order valence-electron chi connectivity index (χ0n) is 8.44. The highest BCUT2D eigenvalue weighted by Gasteiger charge is 2.32. The molecule has 0 amide bonds. The van der Waals surface area contributed by atoms with E-state index in [0.29, 0.717) is 5.82 Å². The van der Waals surface area contributed by atoms with Crippen LogP contribution in [-0.4, -0.2) is 14.8 Å². The Labute approximate surface area is 94.0 Å². The molecule has 2 aromatic rings. The van der Waals surface area contributed by atoms with E-state index in [-0.39, 0.29) is 5.82 Å². The molecule has 2 aromatic heterocycles. The summed E-state index contributed by atoms with van der Waals surface area (Å²) in [5, 5.41) is 3.59. The van der Waals surface area contributed by atoms with E-state index in [1.54, 1.807) is 12.1 Å². The zero-order chi connectivity index (χ0) is 12.5. The molecule has 2 rings (SSSR count). The van der Waals surface area contributed by atoms with E-state index >= 15 is 0 Å². The highest BCUT2D eigenvalue weighted by atomic mass is 19.4. The van der Waals surface area contributed by atoms with Gasteiger partial charge < -0.3 is 5.43 Å². The Morgan fingerprint density at radius 1 is 1.29 bits per heavy atom. The van der Waals surface area contributed by atoms with Crippen LogP contribution in [-0.2, 0) is 6.18 Å². The Bertz CT molecular complexity index is 519. The summed E-state index contributed by atoms with van der Waals surface area (Å²) >= 11 is 0. The van der Waals surface area contributed by atoms with Crippen molar-refractivity contribution < 1.29 is 13.2 Å². The summed E-state index contributed by atoms with van der Waals surface area (Å²) in [5.41, 5.74) is 1.47. The topological polar surface area (TPSA) is 68.8 Å². The number of hydrazine groups is 1. The van der Waals surface area contributed by atoms with Gasteiger partial charge in [0.25, 0.3) is 0 Å². The van der Waals surface area contributed by atoms with Crippen molar-refractivity contribution in [2.45, 2.75) is 6.18 Å². The molecule has 8 heteroatoms. The molecule has 0 saturated heterocycles. The van der Waals surface area contributed by atoms with E-state index in [1.165, 1.54) is 6.07 Å². The first-order valence-corrected chi connectivity index (χ1v) is 4.56. The Morgan fingerprint density at radius 3 is 2.65 bits per heavy atom. The van der Waals surface area contributed by atoms with E-state index < -0.39 is 11.7 Å². The van der Waals surface area contributed by atoms with Crippen LogP contribution in [0.25, 0.3) is 5.82 Å². The summed E-state index contributed by atoms with van der Waals surface area (Å²) in [6.07, 6.45) is -2.81. The zero-order valence-corrected chi connectivity index (χ0v) is 8.44. The summed E-state index contributed by atoms with van der Waals surface area (Å²) in [6, 6.07) is 4.71. The first-order valence-electron chi connectivity index (χ1n) is 4.56. The van der Waals surface area contributed by atoms with Gasteiger partial charge in [0.15, 0.2) is 5.82 Å². The molecule has 0 saturated carbocycles. The number of halogens is 3. The molecule has 0 spiro atoms. The number of hydrogen-bond donors (Lipinski definition) is 2. The number of nitrogens with one attached hydrogen (secondary N) is 1. The number of hydrogen-bond acceptors (Lipinski definition) is 4. The summed E-state index contributed by atoms with van der Waals surface area (Å²) in [5.74, 6) is 5.73. The minimum atomic E-state index is -4.41. The van der Waals surface area contributed by atoms with Crippen LogP contribution < -0.4 is 11.3 Å². The van der Waals surface area contributed by atoms with Crippen LogP contribution in [0.4, 0.5) is 19.0 Å². The van der Waals surface area contributed by atoms with Crippen molar-refractivity contribution in [2.75, 3.05) is 5.43 Å². The normalized spacial score (nSPS) is 11.5. The molecule has 5 nitrogen and oxygen atoms in total. The molecule has 0 aliphatic rings. The maximum atomic E-state index is 12.4.